The highest BCUT2D eigenvalue weighted by Gasteiger charge is 2.41. The molecule has 12 heteroatoms. The van der Waals surface area contributed by atoms with E-state index in [9.17, 15) is 27.2 Å². The highest BCUT2D eigenvalue weighted by atomic mass is 19.4. The third kappa shape index (κ3) is 4.22. The number of amides is 2. The molecular weight excluding hydrogens is 480 g/mol. The first-order chi connectivity index (χ1) is 16.9. The molecular formula is C24H16F4N6O2. The van der Waals surface area contributed by atoms with Gasteiger partial charge in [0.05, 0.1) is 29.3 Å². The van der Waals surface area contributed by atoms with Gasteiger partial charge < -0.3 is 11.5 Å². The number of hydrogen-bond acceptors (Lipinski definition) is 5. The molecule has 0 aliphatic carbocycles. The first-order valence-electron chi connectivity index (χ1n) is 10.3. The van der Waals surface area contributed by atoms with Gasteiger partial charge in [0.15, 0.2) is 5.69 Å². The van der Waals surface area contributed by atoms with Crippen LogP contribution in [-0.4, -0.2) is 26.6 Å². The smallest absolute Gasteiger partial charge is 0.366 e. The Kier molecular flexibility index (Phi) is 5.93. The number of benzene rings is 2. The number of halogens is 4. The van der Waals surface area contributed by atoms with E-state index in [0.717, 1.165) is 22.9 Å². The molecule has 0 fully saturated rings. The van der Waals surface area contributed by atoms with Crippen LogP contribution in [0.5, 0.6) is 0 Å². The lowest BCUT2D eigenvalue weighted by molar-refractivity contribution is -0.141. The van der Waals surface area contributed by atoms with Gasteiger partial charge in [-0.3, -0.25) is 14.3 Å². The number of hydrogen-bond donors (Lipinski definition) is 2. The van der Waals surface area contributed by atoms with Gasteiger partial charge in [0.1, 0.15) is 11.5 Å². The fourth-order valence-corrected chi connectivity index (χ4v) is 3.97. The van der Waals surface area contributed by atoms with Crippen LogP contribution in [0.1, 0.15) is 43.4 Å². The van der Waals surface area contributed by atoms with Gasteiger partial charge in [0.25, 0.3) is 5.91 Å². The minimum absolute atomic E-state index is 0.0565. The molecule has 36 heavy (non-hydrogen) atoms. The molecule has 0 spiro atoms. The molecule has 0 bridgehead atoms. The summed E-state index contributed by atoms with van der Waals surface area (Å²) in [4.78, 5) is 28.8. The molecule has 2 heterocycles. The van der Waals surface area contributed by atoms with Crippen LogP contribution in [-0.2, 0) is 12.7 Å². The lowest BCUT2D eigenvalue weighted by Gasteiger charge is -2.16. The zero-order valence-corrected chi connectivity index (χ0v) is 18.5. The highest BCUT2D eigenvalue weighted by molar-refractivity contribution is 6.15. The van der Waals surface area contributed by atoms with Gasteiger partial charge >= 0.3 is 6.18 Å². The lowest BCUT2D eigenvalue weighted by Crippen LogP contribution is -2.21. The molecule has 0 atom stereocenters. The van der Waals surface area contributed by atoms with Crippen molar-refractivity contribution in [1.82, 2.24) is 14.8 Å². The van der Waals surface area contributed by atoms with Gasteiger partial charge in [-0.1, -0.05) is 12.1 Å². The van der Waals surface area contributed by atoms with Gasteiger partial charge in [0, 0.05) is 22.2 Å². The third-order valence-corrected chi connectivity index (χ3v) is 5.57. The van der Waals surface area contributed by atoms with Crippen molar-refractivity contribution in [2.24, 2.45) is 11.5 Å². The number of primary amides is 2. The first-order valence-corrected chi connectivity index (χ1v) is 10.3. The van der Waals surface area contributed by atoms with Crippen LogP contribution in [0.25, 0.3) is 22.0 Å². The van der Waals surface area contributed by atoms with Crippen molar-refractivity contribution in [1.29, 1.82) is 5.26 Å². The summed E-state index contributed by atoms with van der Waals surface area (Å²) in [6.45, 7) is 1.18. The van der Waals surface area contributed by atoms with Crippen molar-refractivity contribution in [3.05, 3.63) is 82.1 Å². The molecule has 0 aliphatic heterocycles. The van der Waals surface area contributed by atoms with E-state index in [2.05, 4.69) is 10.1 Å². The number of rotatable bonds is 5. The molecule has 8 nitrogen and oxygen atoms in total. The molecule has 182 valence electrons. The zero-order valence-electron chi connectivity index (χ0n) is 18.5. The number of nitrogens with zero attached hydrogens (tertiary/aromatic N) is 4. The summed E-state index contributed by atoms with van der Waals surface area (Å²) < 4.78 is 57.6. The average molecular weight is 496 g/mol. The summed E-state index contributed by atoms with van der Waals surface area (Å²) in [5.41, 5.74) is 7.94. The zero-order chi connectivity index (χ0) is 26.4. The van der Waals surface area contributed by atoms with Crippen molar-refractivity contribution >= 4 is 22.7 Å². The quantitative estimate of drug-likeness (QED) is 0.406. The number of nitriles is 1. The van der Waals surface area contributed by atoms with Gasteiger partial charge in [-0.15, -0.1) is 0 Å². The largest absolute Gasteiger partial charge is 0.435 e. The Morgan fingerprint density at radius 3 is 2.28 bits per heavy atom. The Morgan fingerprint density at radius 1 is 1.06 bits per heavy atom. The van der Waals surface area contributed by atoms with Crippen molar-refractivity contribution in [3.63, 3.8) is 0 Å². The van der Waals surface area contributed by atoms with E-state index in [1.54, 1.807) is 12.1 Å². The highest BCUT2D eigenvalue weighted by Crippen LogP contribution is 2.42. The Hall–Kier alpha value is -4.79. The molecule has 2 aromatic heterocycles. The maximum absolute atomic E-state index is 14.2. The molecule has 4 N–H and O–H groups in total. The summed E-state index contributed by atoms with van der Waals surface area (Å²) in [6, 6.07) is 11.1. The fraction of sp³-hybridized carbons (Fsp3) is 0.125. The van der Waals surface area contributed by atoms with Crippen LogP contribution < -0.4 is 11.5 Å². The summed E-state index contributed by atoms with van der Waals surface area (Å²) >= 11 is 0. The van der Waals surface area contributed by atoms with Crippen molar-refractivity contribution in [2.45, 2.75) is 19.6 Å². The van der Waals surface area contributed by atoms with E-state index in [-0.39, 0.29) is 23.1 Å². The summed E-state index contributed by atoms with van der Waals surface area (Å²) in [5, 5.41) is 12.5. The van der Waals surface area contributed by atoms with Gasteiger partial charge in [-0.05, 0) is 42.8 Å². The monoisotopic (exact) mass is 496 g/mol. The van der Waals surface area contributed by atoms with E-state index in [1.165, 1.54) is 19.1 Å². The fourth-order valence-electron chi connectivity index (χ4n) is 3.97. The maximum atomic E-state index is 14.2. The van der Waals surface area contributed by atoms with Crippen LogP contribution in [0.15, 0.2) is 42.5 Å². The van der Waals surface area contributed by atoms with Crippen LogP contribution in [0.2, 0.25) is 0 Å². The number of aromatic nitrogens is 3. The molecule has 2 amide bonds. The number of fused-ring (bicyclic) bond motifs is 1. The van der Waals surface area contributed by atoms with Crippen molar-refractivity contribution in [2.75, 3.05) is 0 Å². The molecule has 4 rings (SSSR count). The van der Waals surface area contributed by atoms with E-state index in [4.69, 9.17) is 16.7 Å². The number of nitrogens with two attached hydrogens (primary N) is 2. The Labute approximate surface area is 200 Å². The second-order valence-corrected chi connectivity index (χ2v) is 7.87. The molecule has 0 unspecified atom stereocenters. The number of alkyl halides is 3. The van der Waals surface area contributed by atoms with Gasteiger partial charge in [-0.2, -0.15) is 23.5 Å². The van der Waals surface area contributed by atoms with Gasteiger partial charge in [-0.25, -0.2) is 9.37 Å². The molecule has 0 aliphatic rings. The minimum Gasteiger partial charge on any atom is -0.366 e. The lowest BCUT2D eigenvalue weighted by atomic mass is 9.92. The molecule has 0 saturated carbocycles. The molecule has 0 saturated heterocycles. The predicted molar refractivity (Wildman–Crippen MR) is 120 cm³/mol. The molecule has 4 aromatic rings. The standard InChI is InChI=1S/C24H16F4N6O2/c1-11-17(21(24(26,27)28)33-34(11)10-13-4-2-12(9-29)3-5-13)19-18(22(30)35)15-8-14(25)6-7-16(15)32-20(19)23(31)36/h2-8H,10H2,1H3,(H2,30,35)(H2,31,36). The SMILES string of the molecule is Cc1c(-c2c(C(N)=O)nc3ccc(F)cc3c2C(N)=O)c(C(F)(F)F)nn1Cc1ccc(C#N)cc1. The second kappa shape index (κ2) is 8.77. The topological polar surface area (TPSA) is 141 Å². The number of pyridine rings is 1. The molecule has 2 aromatic carbocycles. The van der Waals surface area contributed by atoms with Crippen LogP contribution in [0, 0.1) is 24.1 Å². The van der Waals surface area contributed by atoms with E-state index in [0.29, 0.717) is 11.1 Å². The summed E-state index contributed by atoms with van der Waals surface area (Å²) in [7, 11) is 0. The number of carbonyl (C=O) groups excluding carboxylic acids is 2. The van der Waals surface area contributed by atoms with E-state index in [1.807, 2.05) is 6.07 Å². The maximum Gasteiger partial charge on any atom is 0.435 e. The van der Waals surface area contributed by atoms with Crippen molar-refractivity contribution in [3.8, 4) is 17.2 Å². The molecule has 0 radical (unpaired) electrons. The van der Waals surface area contributed by atoms with Crippen molar-refractivity contribution < 1.29 is 27.2 Å². The normalized spacial score (nSPS) is 11.4. The summed E-state index contributed by atoms with van der Waals surface area (Å²) in [5.74, 6) is -3.22. The van der Waals surface area contributed by atoms with E-state index >= 15 is 0 Å². The van der Waals surface area contributed by atoms with Crippen LogP contribution in [0.3, 0.4) is 0 Å². The Bertz CT molecular complexity index is 1580. The second-order valence-electron chi connectivity index (χ2n) is 7.87. The number of carbonyl (C=O) groups is 2. The predicted octanol–water partition coefficient (Wildman–Crippen LogP) is 3.68. The van der Waals surface area contributed by atoms with Crippen LogP contribution >= 0.6 is 0 Å². The van der Waals surface area contributed by atoms with E-state index < -0.39 is 51.9 Å². The first kappa shape index (κ1) is 24.3. The summed E-state index contributed by atoms with van der Waals surface area (Å²) in [6.07, 6.45) is -5.02. The van der Waals surface area contributed by atoms with Crippen LogP contribution in [0.4, 0.5) is 17.6 Å². The minimum atomic E-state index is -5.02. The Balaban J connectivity index is 2.07. The van der Waals surface area contributed by atoms with Gasteiger partial charge in [0.2, 0.25) is 5.91 Å². The Morgan fingerprint density at radius 2 is 1.72 bits per heavy atom. The third-order valence-electron chi connectivity index (χ3n) is 5.57. The average Bonchev–Trinajstić information content (AvgIpc) is 3.14.